The number of hydrogen-bond donors (Lipinski definition) is 0. The zero-order valence-electron chi connectivity index (χ0n) is 12.5. The Kier molecular flexibility index (Phi) is 5.41. The maximum Gasteiger partial charge on any atom is 0.0717 e. The van der Waals surface area contributed by atoms with E-state index in [9.17, 15) is 0 Å². The summed E-state index contributed by atoms with van der Waals surface area (Å²) >= 11 is 0. The van der Waals surface area contributed by atoms with Crippen molar-refractivity contribution in [2.45, 2.75) is 52.3 Å². The summed E-state index contributed by atoms with van der Waals surface area (Å²) in [6, 6.07) is 11.9. The van der Waals surface area contributed by atoms with Crippen LogP contribution in [-0.4, -0.2) is 30.1 Å². The van der Waals surface area contributed by atoms with E-state index in [1.54, 1.807) is 0 Å². The zero-order chi connectivity index (χ0) is 13.7. The van der Waals surface area contributed by atoms with E-state index in [4.69, 9.17) is 4.74 Å². The molecule has 19 heavy (non-hydrogen) atoms. The largest absolute Gasteiger partial charge is 0.375 e. The molecule has 0 amide bonds. The van der Waals surface area contributed by atoms with Gasteiger partial charge in [0.1, 0.15) is 0 Å². The fourth-order valence-corrected chi connectivity index (χ4v) is 3.11. The van der Waals surface area contributed by atoms with E-state index >= 15 is 0 Å². The number of likely N-dealkylation sites (tertiary alicyclic amines) is 1. The molecule has 0 radical (unpaired) electrons. The number of benzene rings is 1. The molecule has 2 atom stereocenters. The molecule has 106 valence electrons. The predicted octanol–water partition coefficient (Wildman–Crippen LogP) is 3.71. The molecular weight excluding hydrogens is 234 g/mol. The second-order valence-electron chi connectivity index (χ2n) is 6.01. The van der Waals surface area contributed by atoms with Gasteiger partial charge in [0.05, 0.1) is 13.2 Å². The first-order chi connectivity index (χ1) is 9.18. The Morgan fingerprint density at radius 1 is 1.21 bits per heavy atom. The van der Waals surface area contributed by atoms with Gasteiger partial charge in [-0.15, -0.1) is 0 Å². The van der Waals surface area contributed by atoms with Gasteiger partial charge in [-0.25, -0.2) is 0 Å². The summed E-state index contributed by atoms with van der Waals surface area (Å²) in [6.45, 7) is 9.65. The van der Waals surface area contributed by atoms with Crippen LogP contribution in [0.3, 0.4) is 0 Å². The van der Waals surface area contributed by atoms with Crippen molar-refractivity contribution < 1.29 is 4.74 Å². The third-order valence-corrected chi connectivity index (χ3v) is 4.25. The molecule has 0 aliphatic carbocycles. The van der Waals surface area contributed by atoms with Crippen LogP contribution < -0.4 is 0 Å². The Morgan fingerprint density at radius 3 is 2.63 bits per heavy atom. The number of rotatable bonds is 6. The van der Waals surface area contributed by atoms with Crippen molar-refractivity contribution in [3.05, 3.63) is 35.9 Å². The van der Waals surface area contributed by atoms with Gasteiger partial charge in [0.15, 0.2) is 0 Å². The topological polar surface area (TPSA) is 12.5 Å². The smallest absolute Gasteiger partial charge is 0.0717 e. The fraction of sp³-hybridized carbons (Fsp3) is 0.647. The Bertz CT molecular complexity index is 363. The molecule has 0 bridgehead atoms. The van der Waals surface area contributed by atoms with Crippen LogP contribution in [0.15, 0.2) is 30.3 Å². The van der Waals surface area contributed by atoms with Gasteiger partial charge in [-0.3, -0.25) is 4.90 Å². The van der Waals surface area contributed by atoms with Gasteiger partial charge in [0.2, 0.25) is 0 Å². The molecule has 1 fully saturated rings. The monoisotopic (exact) mass is 261 g/mol. The maximum atomic E-state index is 5.82. The van der Waals surface area contributed by atoms with Crippen molar-refractivity contribution in [3.63, 3.8) is 0 Å². The van der Waals surface area contributed by atoms with Gasteiger partial charge in [-0.2, -0.15) is 0 Å². The maximum absolute atomic E-state index is 5.82. The fourth-order valence-electron chi connectivity index (χ4n) is 3.11. The molecule has 0 unspecified atom stereocenters. The van der Waals surface area contributed by atoms with Crippen molar-refractivity contribution in [1.29, 1.82) is 0 Å². The standard InChI is InChI=1S/C17H27NO/c1-14(2)17-10-9-15(3)18(17)11-12-19-13-16-7-5-4-6-8-16/h4-8,14-15,17H,9-13H2,1-3H3/t15-,17-/m0/s1. The minimum absolute atomic E-state index is 0.715. The third kappa shape index (κ3) is 4.05. The van der Waals surface area contributed by atoms with Crippen LogP contribution in [0, 0.1) is 5.92 Å². The molecule has 0 N–H and O–H groups in total. The first-order valence-corrected chi connectivity index (χ1v) is 7.56. The summed E-state index contributed by atoms with van der Waals surface area (Å²) in [5, 5.41) is 0. The van der Waals surface area contributed by atoms with Gasteiger partial charge in [0, 0.05) is 18.6 Å². The van der Waals surface area contributed by atoms with E-state index in [2.05, 4.69) is 49.9 Å². The van der Waals surface area contributed by atoms with Gasteiger partial charge in [-0.1, -0.05) is 44.2 Å². The van der Waals surface area contributed by atoms with Gasteiger partial charge in [0.25, 0.3) is 0 Å². The highest BCUT2D eigenvalue weighted by Crippen LogP contribution is 2.28. The lowest BCUT2D eigenvalue weighted by atomic mass is 10.0. The Hall–Kier alpha value is -0.860. The van der Waals surface area contributed by atoms with Crippen LogP contribution in [-0.2, 0) is 11.3 Å². The number of ether oxygens (including phenoxy) is 1. The van der Waals surface area contributed by atoms with Gasteiger partial charge in [-0.05, 0) is 31.2 Å². The summed E-state index contributed by atoms with van der Waals surface area (Å²) in [4.78, 5) is 2.63. The summed E-state index contributed by atoms with van der Waals surface area (Å²) in [7, 11) is 0. The molecule has 2 rings (SSSR count). The molecule has 0 saturated carbocycles. The van der Waals surface area contributed by atoms with E-state index < -0.39 is 0 Å². The number of nitrogens with zero attached hydrogens (tertiary/aromatic N) is 1. The Morgan fingerprint density at radius 2 is 1.95 bits per heavy atom. The number of hydrogen-bond acceptors (Lipinski definition) is 2. The van der Waals surface area contributed by atoms with E-state index in [1.807, 2.05) is 6.07 Å². The minimum Gasteiger partial charge on any atom is -0.375 e. The molecule has 2 nitrogen and oxygen atoms in total. The van der Waals surface area contributed by atoms with E-state index in [1.165, 1.54) is 18.4 Å². The van der Waals surface area contributed by atoms with Gasteiger partial charge < -0.3 is 4.74 Å². The highest BCUT2D eigenvalue weighted by molar-refractivity contribution is 5.13. The highest BCUT2D eigenvalue weighted by Gasteiger charge is 2.31. The van der Waals surface area contributed by atoms with E-state index in [0.717, 1.165) is 31.7 Å². The zero-order valence-corrected chi connectivity index (χ0v) is 12.5. The van der Waals surface area contributed by atoms with Crippen LogP contribution in [0.1, 0.15) is 39.2 Å². The van der Waals surface area contributed by atoms with E-state index in [-0.39, 0.29) is 0 Å². The summed E-state index contributed by atoms with van der Waals surface area (Å²) in [5.74, 6) is 0.749. The molecule has 1 aromatic rings. The summed E-state index contributed by atoms with van der Waals surface area (Å²) in [5.41, 5.74) is 1.26. The van der Waals surface area contributed by atoms with Crippen molar-refractivity contribution >= 4 is 0 Å². The lowest BCUT2D eigenvalue weighted by Crippen LogP contribution is -2.39. The van der Waals surface area contributed by atoms with Crippen molar-refractivity contribution in [3.8, 4) is 0 Å². The average Bonchev–Trinajstić information content (AvgIpc) is 2.77. The molecule has 1 heterocycles. The van der Waals surface area contributed by atoms with Crippen LogP contribution in [0.5, 0.6) is 0 Å². The highest BCUT2D eigenvalue weighted by atomic mass is 16.5. The molecule has 1 saturated heterocycles. The first-order valence-electron chi connectivity index (χ1n) is 7.56. The lowest BCUT2D eigenvalue weighted by molar-refractivity contribution is 0.0691. The van der Waals surface area contributed by atoms with E-state index in [0.29, 0.717) is 6.04 Å². The second-order valence-corrected chi connectivity index (χ2v) is 6.01. The lowest BCUT2D eigenvalue weighted by Gasteiger charge is -2.30. The van der Waals surface area contributed by atoms with Crippen molar-refractivity contribution in [2.24, 2.45) is 5.92 Å². The Labute approximate surface area is 117 Å². The minimum atomic E-state index is 0.715. The average molecular weight is 261 g/mol. The quantitative estimate of drug-likeness (QED) is 0.724. The second kappa shape index (κ2) is 7.06. The third-order valence-electron chi connectivity index (χ3n) is 4.25. The van der Waals surface area contributed by atoms with Crippen LogP contribution in [0.2, 0.25) is 0 Å². The van der Waals surface area contributed by atoms with Crippen molar-refractivity contribution in [2.75, 3.05) is 13.2 Å². The normalized spacial score (nSPS) is 24.2. The molecular formula is C17H27NO. The SMILES string of the molecule is CC(C)[C@@H]1CC[C@H](C)N1CCOCc1ccccc1. The van der Waals surface area contributed by atoms with Crippen LogP contribution in [0.4, 0.5) is 0 Å². The molecule has 0 spiro atoms. The van der Waals surface area contributed by atoms with Crippen LogP contribution >= 0.6 is 0 Å². The molecule has 1 aromatic carbocycles. The summed E-state index contributed by atoms with van der Waals surface area (Å²) < 4.78 is 5.82. The van der Waals surface area contributed by atoms with Gasteiger partial charge >= 0.3 is 0 Å². The molecule has 2 heteroatoms. The molecule has 1 aliphatic rings. The van der Waals surface area contributed by atoms with Crippen LogP contribution in [0.25, 0.3) is 0 Å². The first kappa shape index (κ1) is 14.5. The summed E-state index contributed by atoms with van der Waals surface area (Å²) in [6.07, 6.45) is 2.68. The van der Waals surface area contributed by atoms with Crippen molar-refractivity contribution in [1.82, 2.24) is 4.90 Å². The molecule has 0 aromatic heterocycles. The Balaban J connectivity index is 1.72. The molecule has 1 aliphatic heterocycles. The predicted molar refractivity (Wildman–Crippen MR) is 80.1 cm³/mol.